The topological polar surface area (TPSA) is 29.1 Å². The van der Waals surface area contributed by atoms with Crippen LogP contribution in [0.25, 0.3) is 0 Å². The molecule has 3 heteroatoms. The molecular formula is C12H16BrNO. The van der Waals surface area contributed by atoms with E-state index in [1.165, 1.54) is 0 Å². The van der Waals surface area contributed by atoms with Crippen molar-refractivity contribution in [1.82, 2.24) is 5.32 Å². The first kappa shape index (κ1) is 12.2. The van der Waals surface area contributed by atoms with E-state index < -0.39 is 0 Å². The van der Waals surface area contributed by atoms with Crippen LogP contribution < -0.4 is 5.32 Å². The molecule has 0 bridgehead atoms. The minimum absolute atomic E-state index is 0.0404. The Bertz CT molecular complexity index is 311. The third kappa shape index (κ3) is 3.67. The van der Waals surface area contributed by atoms with Crippen molar-refractivity contribution < 1.29 is 4.79 Å². The number of rotatable bonds is 4. The van der Waals surface area contributed by atoms with E-state index in [1.54, 1.807) is 0 Å². The molecular weight excluding hydrogens is 254 g/mol. The maximum atomic E-state index is 11.4. The molecule has 0 spiro atoms. The molecule has 82 valence electrons. The van der Waals surface area contributed by atoms with Crippen molar-refractivity contribution in [3.05, 3.63) is 35.9 Å². The van der Waals surface area contributed by atoms with Gasteiger partial charge in [0.2, 0.25) is 5.91 Å². The Labute approximate surface area is 99.2 Å². The highest BCUT2D eigenvalue weighted by atomic mass is 79.9. The minimum Gasteiger partial charge on any atom is -0.348 e. The van der Waals surface area contributed by atoms with Crippen LogP contribution in [0, 0.1) is 0 Å². The number of carbonyl (C=O) groups is 1. The second-order valence-electron chi connectivity index (χ2n) is 3.49. The highest BCUT2D eigenvalue weighted by Gasteiger charge is 2.17. The fourth-order valence-corrected chi connectivity index (χ4v) is 1.84. The van der Waals surface area contributed by atoms with Crippen LogP contribution in [0.1, 0.15) is 31.9 Å². The van der Waals surface area contributed by atoms with Crippen molar-refractivity contribution >= 4 is 21.8 Å². The van der Waals surface area contributed by atoms with Crippen LogP contribution in [0.3, 0.4) is 0 Å². The monoisotopic (exact) mass is 269 g/mol. The van der Waals surface area contributed by atoms with E-state index >= 15 is 0 Å². The molecule has 0 heterocycles. The molecule has 1 rings (SSSR count). The lowest BCUT2D eigenvalue weighted by Gasteiger charge is -2.21. The molecule has 1 aromatic rings. The predicted molar refractivity (Wildman–Crippen MR) is 66.0 cm³/mol. The Morgan fingerprint density at radius 1 is 1.40 bits per heavy atom. The van der Waals surface area contributed by atoms with Gasteiger partial charge in [0.15, 0.2) is 0 Å². The van der Waals surface area contributed by atoms with Gasteiger partial charge >= 0.3 is 0 Å². The number of alkyl halides is 1. The van der Waals surface area contributed by atoms with E-state index in [1.807, 2.05) is 44.2 Å². The van der Waals surface area contributed by atoms with Crippen molar-refractivity contribution in [2.75, 3.05) is 0 Å². The lowest BCUT2D eigenvalue weighted by molar-refractivity contribution is -0.121. The van der Waals surface area contributed by atoms with Crippen molar-refractivity contribution in [3.8, 4) is 0 Å². The van der Waals surface area contributed by atoms with Crippen molar-refractivity contribution in [2.24, 2.45) is 0 Å². The zero-order valence-electron chi connectivity index (χ0n) is 9.03. The standard InChI is InChI=1S/C12H16BrNO/c1-3-11(15)14-12(9(2)13)10-7-5-4-6-8-10/h4-9,12H,3H2,1-2H3,(H,14,15)/t9-,12-/m0/s1. The molecule has 0 aliphatic rings. The first-order chi connectivity index (χ1) is 7.15. The second kappa shape index (κ2) is 5.91. The molecule has 1 aromatic carbocycles. The number of amides is 1. The van der Waals surface area contributed by atoms with Crippen LogP contribution in [0.15, 0.2) is 30.3 Å². The third-order valence-corrected chi connectivity index (χ3v) is 2.78. The smallest absolute Gasteiger partial charge is 0.220 e. The summed E-state index contributed by atoms with van der Waals surface area (Å²) in [4.78, 5) is 11.6. The highest BCUT2D eigenvalue weighted by molar-refractivity contribution is 9.09. The third-order valence-electron chi connectivity index (χ3n) is 2.26. The Hall–Kier alpha value is -0.830. The Kier molecular flexibility index (Phi) is 4.82. The van der Waals surface area contributed by atoms with Crippen LogP contribution in [0.5, 0.6) is 0 Å². The molecule has 2 nitrogen and oxygen atoms in total. The first-order valence-corrected chi connectivity index (χ1v) is 6.05. The van der Waals surface area contributed by atoms with E-state index in [-0.39, 0.29) is 16.8 Å². The van der Waals surface area contributed by atoms with E-state index in [9.17, 15) is 4.79 Å². The molecule has 0 saturated carbocycles. The largest absolute Gasteiger partial charge is 0.348 e. The number of nitrogens with one attached hydrogen (secondary N) is 1. The van der Waals surface area contributed by atoms with Gasteiger partial charge in [0.25, 0.3) is 0 Å². The molecule has 0 aromatic heterocycles. The summed E-state index contributed by atoms with van der Waals surface area (Å²) in [6, 6.07) is 10.0. The molecule has 0 saturated heterocycles. The summed E-state index contributed by atoms with van der Waals surface area (Å²) < 4.78 is 0. The lowest BCUT2D eigenvalue weighted by Crippen LogP contribution is -2.32. The summed E-state index contributed by atoms with van der Waals surface area (Å²) in [6.07, 6.45) is 0.517. The second-order valence-corrected chi connectivity index (χ2v) is 4.93. The average molecular weight is 270 g/mol. The van der Waals surface area contributed by atoms with Gasteiger partial charge in [-0.3, -0.25) is 4.79 Å². The van der Waals surface area contributed by atoms with Crippen LogP contribution in [0.4, 0.5) is 0 Å². The van der Waals surface area contributed by atoms with Gasteiger partial charge in [0.05, 0.1) is 6.04 Å². The summed E-state index contributed by atoms with van der Waals surface area (Å²) in [5, 5.41) is 3.00. The van der Waals surface area contributed by atoms with E-state index in [0.29, 0.717) is 6.42 Å². The molecule has 2 atom stereocenters. The molecule has 1 amide bonds. The summed E-state index contributed by atoms with van der Waals surface area (Å²) in [6.45, 7) is 3.89. The van der Waals surface area contributed by atoms with Crippen molar-refractivity contribution in [2.45, 2.75) is 31.1 Å². The predicted octanol–water partition coefficient (Wildman–Crippen LogP) is 3.04. The summed E-state index contributed by atoms with van der Waals surface area (Å²) in [5.74, 6) is 0.0788. The Morgan fingerprint density at radius 2 is 2.00 bits per heavy atom. The number of halogens is 1. The van der Waals surface area contributed by atoms with Gasteiger partial charge in [0, 0.05) is 11.2 Å². The van der Waals surface area contributed by atoms with Crippen LogP contribution in [-0.2, 0) is 4.79 Å². The molecule has 0 fully saturated rings. The molecule has 0 radical (unpaired) electrons. The van der Waals surface area contributed by atoms with Crippen LogP contribution in [0.2, 0.25) is 0 Å². The van der Waals surface area contributed by atoms with E-state index in [0.717, 1.165) is 5.56 Å². The van der Waals surface area contributed by atoms with Gasteiger partial charge < -0.3 is 5.32 Å². The fraction of sp³-hybridized carbons (Fsp3) is 0.417. The van der Waals surface area contributed by atoms with Crippen molar-refractivity contribution in [3.63, 3.8) is 0 Å². The zero-order chi connectivity index (χ0) is 11.3. The van der Waals surface area contributed by atoms with Gasteiger partial charge in [-0.15, -0.1) is 0 Å². The summed E-state index contributed by atoms with van der Waals surface area (Å²) >= 11 is 3.52. The molecule has 15 heavy (non-hydrogen) atoms. The molecule has 0 unspecified atom stereocenters. The lowest BCUT2D eigenvalue weighted by atomic mass is 10.0. The number of hydrogen-bond donors (Lipinski definition) is 1. The first-order valence-electron chi connectivity index (χ1n) is 5.13. The summed E-state index contributed by atoms with van der Waals surface area (Å²) in [5.41, 5.74) is 1.13. The Morgan fingerprint density at radius 3 is 2.47 bits per heavy atom. The summed E-state index contributed by atoms with van der Waals surface area (Å²) in [7, 11) is 0. The van der Waals surface area contributed by atoms with Gasteiger partial charge in [0.1, 0.15) is 0 Å². The molecule has 1 N–H and O–H groups in total. The van der Waals surface area contributed by atoms with E-state index in [2.05, 4.69) is 21.2 Å². The maximum Gasteiger partial charge on any atom is 0.220 e. The fourth-order valence-electron chi connectivity index (χ4n) is 1.40. The van der Waals surface area contributed by atoms with Gasteiger partial charge in [-0.2, -0.15) is 0 Å². The zero-order valence-corrected chi connectivity index (χ0v) is 10.6. The van der Waals surface area contributed by atoms with Gasteiger partial charge in [-0.05, 0) is 5.56 Å². The normalized spacial score (nSPS) is 14.3. The Balaban J connectivity index is 2.79. The average Bonchev–Trinajstić information content (AvgIpc) is 2.26. The molecule has 0 aliphatic heterocycles. The van der Waals surface area contributed by atoms with Crippen LogP contribution >= 0.6 is 15.9 Å². The maximum absolute atomic E-state index is 11.4. The van der Waals surface area contributed by atoms with E-state index in [4.69, 9.17) is 0 Å². The highest BCUT2D eigenvalue weighted by Crippen LogP contribution is 2.21. The number of carbonyl (C=O) groups excluding carboxylic acids is 1. The SMILES string of the molecule is CCC(=O)N[C@H](c1ccccc1)[C@H](C)Br. The quantitative estimate of drug-likeness (QED) is 0.837. The van der Waals surface area contributed by atoms with Gasteiger partial charge in [-0.1, -0.05) is 60.1 Å². The van der Waals surface area contributed by atoms with Crippen molar-refractivity contribution in [1.29, 1.82) is 0 Å². The van der Waals surface area contributed by atoms with Crippen LogP contribution in [-0.4, -0.2) is 10.7 Å². The minimum atomic E-state index is 0.0404. The van der Waals surface area contributed by atoms with Gasteiger partial charge in [-0.25, -0.2) is 0 Å². The number of hydrogen-bond acceptors (Lipinski definition) is 1. The molecule has 0 aliphatic carbocycles. The number of benzene rings is 1.